The average molecular weight is 323 g/mol. The van der Waals surface area contributed by atoms with Crippen LogP contribution in [0.25, 0.3) is 0 Å². The van der Waals surface area contributed by atoms with E-state index in [1.54, 1.807) is 28.8 Å². The van der Waals surface area contributed by atoms with Crippen molar-refractivity contribution in [3.05, 3.63) is 35.6 Å². The van der Waals surface area contributed by atoms with Crippen molar-refractivity contribution in [3.8, 4) is 0 Å². The molecule has 1 unspecified atom stereocenters. The number of imide groups is 1. The number of hydrogen-bond donors (Lipinski definition) is 1. The molecule has 3 rings (SSSR count). The van der Waals surface area contributed by atoms with Crippen LogP contribution in [0.15, 0.2) is 24.3 Å². The van der Waals surface area contributed by atoms with Gasteiger partial charge < -0.3 is 10.2 Å². The minimum atomic E-state index is -0.326. The molecule has 118 valence electrons. The Morgan fingerprint density at radius 3 is 2.82 bits per heavy atom. The van der Waals surface area contributed by atoms with Gasteiger partial charge in [-0.2, -0.15) is 11.8 Å². The lowest BCUT2D eigenvalue weighted by Crippen LogP contribution is -2.45. The molecule has 1 aromatic carbocycles. The summed E-state index contributed by atoms with van der Waals surface area (Å²) in [6, 6.07) is 6.22. The van der Waals surface area contributed by atoms with Gasteiger partial charge in [0.25, 0.3) is 0 Å². The number of benzene rings is 1. The minimum Gasteiger partial charge on any atom is -0.336 e. The van der Waals surface area contributed by atoms with Crippen LogP contribution in [0.3, 0.4) is 0 Å². The minimum absolute atomic E-state index is 0.0476. The Labute approximate surface area is 132 Å². The molecule has 2 aliphatic heterocycles. The number of nitrogens with one attached hydrogen (secondary N) is 1. The topological polar surface area (TPSA) is 52.7 Å². The number of urea groups is 2. The highest BCUT2D eigenvalue weighted by atomic mass is 32.2. The summed E-state index contributed by atoms with van der Waals surface area (Å²) in [5.74, 6) is 0.541. The fourth-order valence-corrected chi connectivity index (χ4v) is 4.02. The monoisotopic (exact) mass is 323 g/mol. The molecule has 2 heterocycles. The van der Waals surface area contributed by atoms with Crippen LogP contribution >= 0.6 is 11.8 Å². The first-order valence-corrected chi connectivity index (χ1v) is 8.42. The lowest BCUT2D eigenvalue weighted by molar-refractivity contribution is 0.166. The van der Waals surface area contributed by atoms with E-state index in [1.165, 1.54) is 11.0 Å². The molecule has 22 heavy (non-hydrogen) atoms. The van der Waals surface area contributed by atoms with Gasteiger partial charge in [0.2, 0.25) is 0 Å². The van der Waals surface area contributed by atoms with Crippen molar-refractivity contribution < 1.29 is 14.0 Å². The predicted octanol–water partition coefficient (Wildman–Crippen LogP) is 2.45. The zero-order valence-electron chi connectivity index (χ0n) is 12.1. The largest absolute Gasteiger partial charge is 0.336 e. The van der Waals surface area contributed by atoms with Crippen LogP contribution in [0.1, 0.15) is 17.2 Å². The molecule has 0 bridgehead atoms. The van der Waals surface area contributed by atoms with Crippen LogP contribution in [-0.2, 0) is 0 Å². The van der Waals surface area contributed by atoms with Crippen molar-refractivity contribution in [1.29, 1.82) is 0 Å². The molecule has 0 spiro atoms. The maximum atomic E-state index is 13.9. The van der Waals surface area contributed by atoms with Gasteiger partial charge in [0.05, 0.1) is 0 Å². The van der Waals surface area contributed by atoms with Crippen molar-refractivity contribution in [2.24, 2.45) is 0 Å². The molecule has 2 saturated heterocycles. The van der Waals surface area contributed by atoms with E-state index < -0.39 is 0 Å². The SMILES string of the molecule is O=C1NCCN1C(=O)N1CCSC(c2ccccc2F)CC1. The highest BCUT2D eigenvalue weighted by Crippen LogP contribution is 2.35. The number of amides is 4. The summed E-state index contributed by atoms with van der Waals surface area (Å²) in [6.07, 6.45) is 0.687. The van der Waals surface area contributed by atoms with Gasteiger partial charge in [-0.25, -0.2) is 18.9 Å². The molecule has 0 aliphatic carbocycles. The number of thioether (sulfide) groups is 1. The van der Waals surface area contributed by atoms with E-state index in [-0.39, 0.29) is 23.1 Å². The highest BCUT2D eigenvalue weighted by Gasteiger charge is 2.31. The number of carbonyl (C=O) groups is 2. The van der Waals surface area contributed by atoms with Gasteiger partial charge in [-0.3, -0.25) is 0 Å². The quantitative estimate of drug-likeness (QED) is 0.864. The van der Waals surface area contributed by atoms with E-state index >= 15 is 0 Å². The number of hydrogen-bond acceptors (Lipinski definition) is 3. The summed E-state index contributed by atoms with van der Waals surface area (Å²) < 4.78 is 13.9. The third-order valence-electron chi connectivity index (χ3n) is 3.95. The Kier molecular flexibility index (Phi) is 4.52. The van der Waals surface area contributed by atoms with E-state index in [9.17, 15) is 14.0 Å². The van der Waals surface area contributed by atoms with Gasteiger partial charge in [0.15, 0.2) is 0 Å². The fraction of sp³-hybridized carbons (Fsp3) is 0.467. The van der Waals surface area contributed by atoms with E-state index in [0.29, 0.717) is 38.2 Å². The van der Waals surface area contributed by atoms with Crippen molar-refractivity contribution in [1.82, 2.24) is 15.1 Å². The predicted molar refractivity (Wildman–Crippen MR) is 83.3 cm³/mol. The summed E-state index contributed by atoms with van der Waals surface area (Å²) in [7, 11) is 0. The van der Waals surface area contributed by atoms with E-state index in [4.69, 9.17) is 0 Å². The molecule has 2 fully saturated rings. The lowest BCUT2D eigenvalue weighted by Gasteiger charge is -2.24. The molecule has 0 saturated carbocycles. The van der Waals surface area contributed by atoms with Gasteiger partial charge >= 0.3 is 12.1 Å². The van der Waals surface area contributed by atoms with Crippen molar-refractivity contribution in [2.75, 3.05) is 31.9 Å². The molecule has 0 aromatic heterocycles. The smallest absolute Gasteiger partial charge is 0.328 e. The molecule has 1 N–H and O–H groups in total. The second kappa shape index (κ2) is 6.56. The molecule has 1 aromatic rings. The first kappa shape index (κ1) is 15.1. The first-order valence-electron chi connectivity index (χ1n) is 7.37. The summed E-state index contributed by atoms with van der Waals surface area (Å²) >= 11 is 1.66. The second-order valence-corrected chi connectivity index (χ2v) is 6.63. The Morgan fingerprint density at radius 1 is 1.27 bits per heavy atom. The van der Waals surface area contributed by atoms with Crippen LogP contribution in [0.4, 0.5) is 14.0 Å². The summed E-state index contributed by atoms with van der Waals surface area (Å²) in [4.78, 5) is 26.9. The van der Waals surface area contributed by atoms with Gasteiger partial charge in [-0.1, -0.05) is 18.2 Å². The standard InChI is InChI=1S/C15H18FN3O2S/c16-12-4-2-1-3-11(12)13-5-7-18(9-10-22-13)15(21)19-8-6-17-14(19)20/h1-4,13H,5-10H2,(H,17,20). The highest BCUT2D eigenvalue weighted by molar-refractivity contribution is 7.99. The molecule has 5 nitrogen and oxygen atoms in total. The van der Waals surface area contributed by atoms with Crippen molar-refractivity contribution in [2.45, 2.75) is 11.7 Å². The maximum Gasteiger partial charge on any atom is 0.328 e. The Morgan fingerprint density at radius 2 is 2.09 bits per heavy atom. The zero-order valence-corrected chi connectivity index (χ0v) is 12.9. The molecule has 4 amide bonds. The Balaban J connectivity index is 1.66. The summed E-state index contributed by atoms with van der Waals surface area (Å²) in [5, 5.41) is 2.68. The maximum absolute atomic E-state index is 13.9. The Bertz CT molecular complexity index is 584. The molecular weight excluding hydrogens is 305 g/mol. The first-order chi connectivity index (χ1) is 10.7. The second-order valence-electron chi connectivity index (χ2n) is 5.32. The summed E-state index contributed by atoms with van der Waals surface area (Å²) in [6.45, 7) is 2.04. The van der Waals surface area contributed by atoms with Gasteiger partial charge in [0, 0.05) is 42.7 Å². The van der Waals surface area contributed by atoms with Crippen LogP contribution in [0.2, 0.25) is 0 Å². The van der Waals surface area contributed by atoms with E-state index in [0.717, 1.165) is 5.75 Å². The molecule has 1 atom stereocenters. The number of carbonyl (C=O) groups excluding carboxylic acids is 2. The molecule has 7 heteroatoms. The van der Waals surface area contributed by atoms with Crippen LogP contribution < -0.4 is 5.32 Å². The molecule has 0 radical (unpaired) electrons. The normalized spacial score (nSPS) is 22.4. The molecule has 2 aliphatic rings. The van der Waals surface area contributed by atoms with Crippen LogP contribution in [0, 0.1) is 5.82 Å². The zero-order chi connectivity index (χ0) is 15.5. The van der Waals surface area contributed by atoms with Crippen LogP contribution in [-0.4, -0.2) is 53.8 Å². The van der Waals surface area contributed by atoms with Crippen molar-refractivity contribution >= 4 is 23.8 Å². The van der Waals surface area contributed by atoms with Gasteiger partial charge in [0.1, 0.15) is 5.82 Å². The lowest BCUT2D eigenvalue weighted by atomic mass is 10.1. The third kappa shape index (κ3) is 3.04. The van der Waals surface area contributed by atoms with E-state index in [1.807, 2.05) is 6.07 Å². The summed E-state index contributed by atoms with van der Waals surface area (Å²) in [5.41, 5.74) is 0.695. The molecular formula is C15H18FN3O2S. The van der Waals surface area contributed by atoms with Gasteiger partial charge in [-0.05, 0) is 12.5 Å². The van der Waals surface area contributed by atoms with E-state index in [2.05, 4.69) is 5.32 Å². The number of rotatable bonds is 1. The Hall–Kier alpha value is -1.76. The third-order valence-corrected chi connectivity index (χ3v) is 5.26. The number of halogens is 1. The van der Waals surface area contributed by atoms with Gasteiger partial charge in [-0.15, -0.1) is 0 Å². The average Bonchev–Trinajstić information content (AvgIpc) is 2.80. The van der Waals surface area contributed by atoms with Crippen LogP contribution in [0.5, 0.6) is 0 Å². The van der Waals surface area contributed by atoms with Crippen molar-refractivity contribution in [3.63, 3.8) is 0 Å². The number of nitrogens with zero attached hydrogens (tertiary/aromatic N) is 2. The fourth-order valence-electron chi connectivity index (χ4n) is 2.77.